The van der Waals surface area contributed by atoms with E-state index in [0.717, 1.165) is 17.5 Å². The topological polar surface area (TPSA) is 160 Å². The van der Waals surface area contributed by atoms with E-state index in [9.17, 15) is 19.7 Å². The van der Waals surface area contributed by atoms with Crippen molar-refractivity contribution in [1.82, 2.24) is 20.8 Å². The highest BCUT2D eigenvalue weighted by molar-refractivity contribution is 6.35. The van der Waals surface area contributed by atoms with Crippen molar-refractivity contribution in [3.63, 3.8) is 0 Å². The van der Waals surface area contributed by atoms with Crippen molar-refractivity contribution in [1.29, 1.82) is 0 Å². The van der Waals surface area contributed by atoms with Gasteiger partial charge in [0, 0.05) is 5.02 Å². The van der Waals surface area contributed by atoms with Gasteiger partial charge in [0.1, 0.15) is 12.1 Å². The third-order valence-electron chi connectivity index (χ3n) is 5.41. The largest absolute Gasteiger partial charge is 0.482 e. The van der Waals surface area contributed by atoms with E-state index in [4.69, 9.17) is 27.9 Å². The molecule has 0 aliphatic rings. The molecule has 1 aromatic heterocycles. The van der Waals surface area contributed by atoms with Crippen molar-refractivity contribution < 1.29 is 19.2 Å². The quantitative estimate of drug-likeness (QED) is 0.148. The second kappa shape index (κ2) is 13.2. The van der Waals surface area contributed by atoms with Gasteiger partial charge in [-0.2, -0.15) is 0 Å². The number of halogens is 2. The summed E-state index contributed by atoms with van der Waals surface area (Å²) in [5.74, 6) is -2.30. The minimum atomic E-state index is -0.765. The normalized spacial score (nSPS) is 10.5. The van der Waals surface area contributed by atoms with Crippen molar-refractivity contribution >= 4 is 52.3 Å². The van der Waals surface area contributed by atoms with Crippen LogP contribution in [0.15, 0.2) is 85.2 Å². The lowest BCUT2D eigenvalue weighted by molar-refractivity contribution is -0.383. The lowest BCUT2D eigenvalue weighted by atomic mass is 9.91. The number of nitrogens with zero attached hydrogens (tertiary/aromatic N) is 3. The van der Waals surface area contributed by atoms with Crippen molar-refractivity contribution in [2.75, 3.05) is 17.5 Å². The van der Waals surface area contributed by atoms with Crippen LogP contribution in [0.5, 0.6) is 5.75 Å². The van der Waals surface area contributed by atoms with E-state index >= 15 is 0 Å². The van der Waals surface area contributed by atoms with E-state index in [0.29, 0.717) is 5.02 Å². The lowest BCUT2D eigenvalue weighted by Crippen LogP contribution is -2.36. The molecule has 0 radical (unpaired) electrons. The van der Waals surface area contributed by atoms with Gasteiger partial charge >= 0.3 is 5.69 Å². The summed E-state index contributed by atoms with van der Waals surface area (Å²) in [4.78, 5) is 44.3. The molecule has 0 spiro atoms. The van der Waals surface area contributed by atoms with Gasteiger partial charge in [-0.1, -0.05) is 83.9 Å². The monoisotopic (exact) mass is 581 g/mol. The summed E-state index contributed by atoms with van der Waals surface area (Å²) >= 11 is 11.9. The van der Waals surface area contributed by atoms with Crippen LogP contribution in [0, 0.1) is 10.1 Å². The van der Waals surface area contributed by atoms with Crippen LogP contribution in [0.3, 0.4) is 0 Å². The van der Waals surface area contributed by atoms with Crippen molar-refractivity contribution in [2.24, 2.45) is 0 Å². The van der Waals surface area contributed by atoms with E-state index < -0.39 is 34.9 Å². The van der Waals surface area contributed by atoms with Crippen LogP contribution >= 0.6 is 23.2 Å². The van der Waals surface area contributed by atoms with E-state index in [1.165, 1.54) is 12.1 Å². The van der Waals surface area contributed by atoms with Gasteiger partial charge in [0.05, 0.1) is 15.9 Å². The molecule has 0 aliphatic heterocycles. The predicted molar refractivity (Wildman–Crippen MR) is 149 cm³/mol. The number of nitrogens with one attached hydrogen (secondary N) is 4. The highest BCUT2D eigenvalue weighted by Gasteiger charge is 2.26. The number of hydrogen-bond acceptors (Lipinski definition) is 9. The fraction of sp³-hybridized carbons (Fsp3) is 0.0769. The van der Waals surface area contributed by atoms with Crippen LogP contribution in [0.1, 0.15) is 17.0 Å². The molecule has 204 valence electrons. The summed E-state index contributed by atoms with van der Waals surface area (Å²) in [6.45, 7) is -0.464. The molecule has 4 aromatic rings. The maximum absolute atomic E-state index is 13.2. The predicted octanol–water partition coefficient (Wildman–Crippen LogP) is 4.49. The third kappa shape index (κ3) is 7.12. The Balaban J connectivity index is 1.44. The molecular weight excluding hydrogens is 561 g/mol. The van der Waals surface area contributed by atoms with Gasteiger partial charge in [-0.3, -0.25) is 41.4 Å². The van der Waals surface area contributed by atoms with Crippen LogP contribution in [0.25, 0.3) is 0 Å². The smallest absolute Gasteiger partial charge is 0.356 e. The first-order chi connectivity index (χ1) is 19.3. The molecule has 2 amide bonds. The third-order valence-corrected chi connectivity index (χ3v) is 5.94. The maximum atomic E-state index is 13.2. The Morgan fingerprint density at radius 3 is 2.00 bits per heavy atom. The van der Waals surface area contributed by atoms with E-state index in [-0.39, 0.29) is 22.4 Å². The molecular formula is C26H21Cl2N7O5. The second-order valence-corrected chi connectivity index (χ2v) is 8.93. The maximum Gasteiger partial charge on any atom is 0.356 e. The molecule has 1 heterocycles. The SMILES string of the molecule is O=C(COc1ccc(Cl)cc1Cl)NNc1ncnc(NNC(=O)C(c2ccccc2)c2ccccc2)c1[N+](=O)[O-]. The Bertz CT molecular complexity index is 1470. The number of aromatic nitrogens is 2. The number of rotatable bonds is 11. The zero-order chi connectivity index (χ0) is 28.5. The zero-order valence-corrected chi connectivity index (χ0v) is 22.0. The number of nitro groups is 1. The number of hydrazine groups is 2. The molecule has 0 aliphatic carbocycles. The van der Waals surface area contributed by atoms with Crippen LogP contribution in [-0.2, 0) is 9.59 Å². The number of amides is 2. The highest BCUT2D eigenvalue weighted by Crippen LogP contribution is 2.29. The Hall–Kier alpha value is -4.94. The molecule has 0 fully saturated rings. The van der Waals surface area contributed by atoms with Crippen LogP contribution in [-0.4, -0.2) is 33.3 Å². The Labute approximate surface area is 237 Å². The van der Waals surface area contributed by atoms with Gasteiger partial charge < -0.3 is 4.74 Å². The molecule has 0 unspecified atom stereocenters. The number of hydrogen-bond donors (Lipinski definition) is 4. The molecule has 40 heavy (non-hydrogen) atoms. The van der Waals surface area contributed by atoms with Gasteiger partial charge in [0.2, 0.25) is 17.5 Å². The molecule has 4 N–H and O–H groups in total. The summed E-state index contributed by atoms with van der Waals surface area (Å²) in [7, 11) is 0. The summed E-state index contributed by atoms with van der Waals surface area (Å²) in [5.41, 5.74) is 10.4. The highest BCUT2D eigenvalue weighted by atomic mass is 35.5. The average molecular weight is 582 g/mol. The van der Waals surface area contributed by atoms with Gasteiger partial charge in [-0.25, -0.2) is 9.97 Å². The van der Waals surface area contributed by atoms with Crippen LogP contribution in [0.2, 0.25) is 10.0 Å². The van der Waals surface area contributed by atoms with E-state index in [1.54, 1.807) is 30.3 Å². The first-order valence-corrected chi connectivity index (χ1v) is 12.4. The van der Waals surface area contributed by atoms with Crippen molar-refractivity contribution in [2.45, 2.75) is 5.92 Å². The Kier molecular flexibility index (Phi) is 9.28. The van der Waals surface area contributed by atoms with Crippen molar-refractivity contribution in [3.8, 4) is 5.75 Å². The molecule has 4 rings (SSSR count). The van der Waals surface area contributed by atoms with E-state index in [1.807, 2.05) is 36.4 Å². The Morgan fingerprint density at radius 1 is 0.875 bits per heavy atom. The number of anilines is 2. The van der Waals surface area contributed by atoms with E-state index in [2.05, 4.69) is 31.7 Å². The zero-order valence-electron chi connectivity index (χ0n) is 20.5. The fourth-order valence-electron chi connectivity index (χ4n) is 3.61. The molecule has 0 saturated heterocycles. The first kappa shape index (κ1) is 28.1. The fourth-order valence-corrected chi connectivity index (χ4v) is 4.08. The number of ether oxygens (including phenoxy) is 1. The van der Waals surface area contributed by atoms with Crippen molar-refractivity contribution in [3.05, 3.63) is 116 Å². The molecule has 3 aromatic carbocycles. The number of benzene rings is 3. The van der Waals surface area contributed by atoms with Gasteiger partial charge in [0.15, 0.2) is 6.61 Å². The summed E-state index contributed by atoms with van der Waals surface area (Å²) < 4.78 is 5.33. The van der Waals surface area contributed by atoms with Crippen LogP contribution < -0.4 is 26.4 Å². The number of carbonyl (C=O) groups excluding carboxylic acids is 2. The molecule has 14 heteroatoms. The molecule has 0 atom stereocenters. The summed E-state index contributed by atoms with van der Waals surface area (Å²) in [6.07, 6.45) is 1.02. The number of carbonyl (C=O) groups is 2. The van der Waals surface area contributed by atoms with Gasteiger partial charge in [0.25, 0.3) is 5.91 Å². The van der Waals surface area contributed by atoms with Gasteiger partial charge in [-0.05, 0) is 29.3 Å². The minimum Gasteiger partial charge on any atom is -0.482 e. The minimum absolute atomic E-state index is 0.208. The molecule has 12 nitrogen and oxygen atoms in total. The second-order valence-electron chi connectivity index (χ2n) is 8.08. The lowest BCUT2D eigenvalue weighted by Gasteiger charge is -2.18. The molecule has 0 saturated carbocycles. The Morgan fingerprint density at radius 2 is 1.45 bits per heavy atom. The van der Waals surface area contributed by atoms with Gasteiger partial charge in [-0.15, -0.1) is 0 Å². The summed E-state index contributed by atoms with van der Waals surface area (Å²) in [6, 6.07) is 22.6. The standard InChI is InChI=1S/C26H21Cl2N7O5/c27-18-11-12-20(19(28)13-18)40-14-21(36)31-32-24-23(35(38)39)25(30-15-29-24)33-34-26(37)22(16-7-3-1-4-8-16)17-9-5-2-6-10-17/h1-13,15,22H,14H2,(H,31,36)(H,34,37)(H2,29,30,32,33). The van der Waals surface area contributed by atoms with Crippen LogP contribution in [0.4, 0.5) is 17.3 Å². The molecule has 0 bridgehead atoms. The first-order valence-electron chi connectivity index (χ1n) is 11.6. The summed E-state index contributed by atoms with van der Waals surface area (Å²) in [5, 5.41) is 12.5. The average Bonchev–Trinajstić information content (AvgIpc) is 2.95.